The van der Waals surface area contributed by atoms with Gasteiger partial charge >= 0.3 is 11.9 Å². The van der Waals surface area contributed by atoms with E-state index in [2.05, 4.69) is 19.9 Å². The fourth-order valence-corrected chi connectivity index (χ4v) is 6.34. The molecule has 0 aromatic carbocycles. The maximum Gasteiger partial charge on any atom is 0.306 e. The molecule has 0 aromatic heterocycles. The summed E-state index contributed by atoms with van der Waals surface area (Å²) < 4.78 is 17.1. The van der Waals surface area contributed by atoms with Crippen LogP contribution in [0.25, 0.3) is 0 Å². The second-order valence-electron chi connectivity index (χ2n) is 16.0. The summed E-state index contributed by atoms with van der Waals surface area (Å²) in [6, 6.07) is -0.739. The van der Waals surface area contributed by atoms with Crippen molar-refractivity contribution < 1.29 is 38.2 Å². The molecule has 0 N–H and O–H groups in total. The van der Waals surface area contributed by atoms with E-state index < -0.39 is 18.1 Å². The molecule has 0 saturated heterocycles. The SMILES string of the molecule is CC/C=C/C=C/C=C/C=C/C=C/CCCC(=O)OC(COCCC(C(=O)[O-])[N+](C)(C)C)COC(=O)CCCCCCCCCCCCCCCCCCCCC. The molecule has 0 amide bonds. The minimum absolute atomic E-state index is 0.0114. The van der Waals surface area contributed by atoms with Crippen LogP contribution in [0.5, 0.6) is 0 Å². The summed E-state index contributed by atoms with van der Waals surface area (Å²) in [6.45, 7) is 4.44. The van der Waals surface area contributed by atoms with Gasteiger partial charge in [0.15, 0.2) is 6.10 Å². The van der Waals surface area contributed by atoms with Gasteiger partial charge in [0, 0.05) is 19.3 Å². The molecule has 0 aliphatic rings. The van der Waals surface area contributed by atoms with Gasteiger partial charge in [-0.1, -0.05) is 190 Å². The van der Waals surface area contributed by atoms with Crippen LogP contribution in [0.4, 0.5) is 0 Å². The number of quaternary nitrogens is 1. The molecule has 0 heterocycles. The highest BCUT2D eigenvalue weighted by molar-refractivity contribution is 5.70. The normalized spacial score (nSPS) is 13.5. The molecule has 0 aliphatic heterocycles. The molecular formula is C48H83NO7. The summed E-state index contributed by atoms with van der Waals surface area (Å²) in [7, 11) is 5.38. The number of unbranched alkanes of at least 4 members (excludes halogenated alkanes) is 19. The summed E-state index contributed by atoms with van der Waals surface area (Å²) >= 11 is 0. The second kappa shape index (κ2) is 38.9. The first-order valence-electron chi connectivity index (χ1n) is 22.4. The van der Waals surface area contributed by atoms with E-state index >= 15 is 0 Å². The van der Waals surface area contributed by atoms with E-state index in [1.165, 1.54) is 103 Å². The standard InChI is InChI=1S/C48H83NO7/c1-6-8-10-12-14-16-18-20-21-22-23-24-25-27-28-30-32-34-36-38-46(50)55-43-44(42-54-41-40-45(48(52)53)49(3,4)5)56-47(51)39-37-35-33-31-29-26-19-17-15-13-11-9-7-2/h9,11,13,15,17,19,26,29,31,33,44-45H,6-8,10,12,14,16,18,20-25,27-28,30,32,34-43H2,1-5H3/b11-9+,15-13+,19-17+,29-26+,33-31+. The van der Waals surface area contributed by atoms with Crippen LogP contribution in [0.2, 0.25) is 0 Å². The molecule has 2 unspecified atom stereocenters. The van der Waals surface area contributed by atoms with E-state index in [-0.39, 0.29) is 49.1 Å². The number of esters is 2. The van der Waals surface area contributed by atoms with Gasteiger partial charge in [-0.05, 0) is 25.7 Å². The highest BCUT2D eigenvalue weighted by Gasteiger charge is 2.25. The van der Waals surface area contributed by atoms with Gasteiger partial charge in [0.2, 0.25) is 0 Å². The summed E-state index contributed by atoms with van der Waals surface area (Å²) in [5.41, 5.74) is 0. The number of carbonyl (C=O) groups excluding carboxylic acids is 3. The van der Waals surface area contributed by atoms with Crippen molar-refractivity contribution in [3.05, 3.63) is 60.8 Å². The minimum Gasteiger partial charge on any atom is -0.544 e. The predicted octanol–water partition coefficient (Wildman–Crippen LogP) is 10.9. The second-order valence-corrected chi connectivity index (χ2v) is 16.0. The van der Waals surface area contributed by atoms with Crippen molar-refractivity contribution >= 4 is 17.9 Å². The molecular weight excluding hydrogens is 703 g/mol. The van der Waals surface area contributed by atoms with Gasteiger partial charge in [0.05, 0.1) is 40.3 Å². The molecule has 8 nitrogen and oxygen atoms in total. The number of carbonyl (C=O) groups is 3. The quantitative estimate of drug-likeness (QED) is 0.0265. The highest BCUT2D eigenvalue weighted by Crippen LogP contribution is 2.15. The van der Waals surface area contributed by atoms with Gasteiger partial charge in [-0.25, -0.2) is 0 Å². The van der Waals surface area contributed by atoms with Crippen LogP contribution in [-0.4, -0.2) is 75.5 Å². The average Bonchev–Trinajstić information content (AvgIpc) is 3.15. The van der Waals surface area contributed by atoms with Gasteiger partial charge in [-0.15, -0.1) is 0 Å². The molecule has 0 bridgehead atoms. The number of allylic oxidation sites excluding steroid dienone is 10. The van der Waals surface area contributed by atoms with Crippen molar-refractivity contribution in [2.24, 2.45) is 0 Å². The van der Waals surface area contributed by atoms with Crippen molar-refractivity contribution in [3.8, 4) is 0 Å². The predicted molar refractivity (Wildman–Crippen MR) is 231 cm³/mol. The zero-order valence-corrected chi connectivity index (χ0v) is 36.5. The number of ether oxygens (including phenoxy) is 3. The summed E-state index contributed by atoms with van der Waals surface area (Å²) in [5.74, 6) is -1.83. The van der Waals surface area contributed by atoms with Crippen LogP contribution in [0.1, 0.15) is 174 Å². The molecule has 322 valence electrons. The van der Waals surface area contributed by atoms with Crippen LogP contribution >= 0.6 is 0 Å². The number of hydrogen-bond donors (Lipinski definition) is 0. The molecule has 0 saturated carbocycles. The number of nitrogens with zero attached hydrogens (tertiary/aromatic N) is 1. The lowest BCUT2D eigenvalue weighted by molar-refractivity contribution is -0.889. The Morgan fingerprint density at radius 2 is 1.00 bits per heavy atom. The highest BCUT2D eigenvalue weighted by atomic mass is 16.6. The molecule has 0 fully saturated rings. The Kier molecular flexibility index (Phi) is 36.8. The molecule has 0 aliphatic carbocycles. The first-order valence-corrected chi connectivity index (χ1v) is 22.4. The molecule has 0 rings (SSSR count). The molecule has 2 atom stereocenters. The van der Waals surface area contributed by atoms with Crippen LogP contribution in [0, 0.1) is 0 Å². The van der Waals surface area contributed by atoms with Crippen LogP contribution < -0.4 is 5.11 Å². The maximum atomic E-state index is 12.7. The van der Waals surface area contributed by atoms with E-state index in [1.54, 1.807) is 21.1 Å². The van der Waals surface area contributed by atoms with Crippen LogP contribution in [0.3, 0.4) is 0 Å². The first-order chi connectivity index (χ1) is 27.1. The summed E-state index contributed by atoms with van der Waals surface area (Å²) in [6.07, 6.45) is 46.9. The van der Waals surface area contributed by atoms with Crippen molar-refractivity contribution in [1.29, 1.82) is 0 Å². The topological polar surface area (TPSA) is 102 Å². The van der Waals surface area contributed by atoms with Crippen LogP contribution in [0.15, 0.2) is 60.8 Å². The van der Waals surface area contributed by atoms with E-state index in [0.717, 1.165) is 32.1 Å². The fraction of sp³-hybridized carbons (Fsp3) is 0.729. The molecule has 0 spiro atoms. The molecule has 56 heavy (non-hydrogen) atoms. The smallest absolute Gasteiger partial charge is 0.306 e. The van der Waals surface area contributed by atoms with Gasteiger partial charge in [0.1, 0.15) is 12.6 Å². The van der Waals surface area contributed by atoms with Crippen molar-refractivity contribution in [2.75, 3.05) is 41.0 Å². The summed E-state index contributed by atoms with van der Waals surface area (Å²) in [5, 5.41) is 11.6. The number of aliphatic carboxylic acids is 1. The zero-order valence-electron chi connectivity index (χ0n) is 36.5. The summed E-state index contributed by atoms with van der Waals surface area (Å²) in [4.78, 5) is 36.8. The Morgan fingerprint density at radius 1 is 0.554 bits per heavy atom. The monoisotopic (exact) mass is 786 g/mol. The van der Waals surface area contributed by atoms with E-state index in [9.17, 15) is 19.5 Å². The minimum atomic E-state index is -1.14. The van der Waals surface area contributed by atoms with Crippen molar-refractivity contribution in [2.45, 2.75) is 187 Å². The van der Waals surface area contributed by atoms with Gasteiger partial charge < -0.3 is 28.6 Å². The fourth-order valence-electron chi connectivity index (χ4n) is 6.34. The number of likely N-dealkylation sites (N-methyl/N-ethyl adjacent to an activating group) is 1. The lowest BCUT2D eigenvalue weighted by atomic mass is 10.0. The Hall–Kier alpha value is -2.97. The zero-order chi connectivity index (χ0) is 41.4. The first kappa shape index (κ1) is 53.0. The number of carboxylic acids is 1. The third-order valence-corrected chi connectivity index (χ3v) is 9.80. The van der Waals surface area contributed by atoms with E-state index in [1.807, 2.05) is 54.7 Å². The van der Waals surface area contributed by atoms with E-state index in [4.69, 9.17) is 14.2 Å². The lowest BCUT2D eigenvalue weighted by Crippen LogP contribution is -2.55. The number of carboxylic acid groups (broad SMARTS) is 1. The Morgan fingerprint density at radius 3 is 1.46 bits per heavy atom. The maximum absolute atomic E-state index is 12.7. The third-order valence-electron chi connectivity index (χ3n) is 9.80. The average molecular weight is 786 g/mol. The van der Waals surface area contributed by atoms with Crippen molar-refractivity contribution in [3.63, 3.8) is 0 Å². The van der Waals surface area contributed by atoms with Gasteiger partial charge in [-0.3, -0.25) is 9.59 Å². The molecule has 8 heteroatoms. The Balaban J connectivity index is 4.36. The Labute approximate surface area is 343 Å². The molecule has 0 radical (unpaired) electrons. The molecule has 0 aromatic rings. The largest absolute Gasteiger partial charge is 0.544 e. The lowest BCUT2D eigenvalue weighted by Gasteiger charge is -2.34. The number of hydrogen-bond acceptors (Lipinski definition) is 7. The van der Waals surface area contributed by atoms with Gasteiger partial charge in [-0.2, -0.15) is 0 Å². The van der Waals surface area contributed by atoms with Crippen molar-refractivity contribution in [1.82, 2.24) is 0 Å². The number of rotatable bonds is 39. The van der Waals surface area contributed by atoms with Crippen LogP contribution in [-0.2, 0) is 28.6 Å². The third kappa shape index (κ3) is 36.7. The van der Waals surface area contributed by atoms with E-state index in [0.29, 0.717) is 12.8 Å². The van der Waals surface area contributed by atoms with Gasteiger partial charge in [0.25, 0.3) is 0 Å². The Bertz CT molecular complexity index is 1100.